The number of rotatable bonds is 3. The molecule has 0 bridgehead atoms. The second kappa shape index (κ2) is 6.13. The average Bonchev–Trinajstić information content (AvgIpc) is 2.23. The first kappa shape index (κ1) is 16.6. The van der Waals surface area contributed by atoms with Crippen molar-refractivity contribution in [3.05, 3.63) is 0 Å². The second-order valence-electron chi connectivity index (χ2n) is 7.89. The summed E-state index contributed by atoms with van der Waals surface area (Å²) >= 11 is 0. The Kier molecular flexibility index (Phi) is 4.83. The van der Waals surface area contributed by atoms with Gasteiger partial charge in [-0.3, -0.25) is 0 Å². The molecule has 2 rings (SSSR count). The maximum absolute atomic E-state index is 11.8. The summed E-state index contributed by atoms with van der Waals surface area (Å²) in [5.74, 6) is 0.602. The molecule has 122 valence electrons. The van der Waals surface area contributed by atoms with E-state index in [0.717, 1.165) is 19.3 Å². The molecular weight excluding hydrogens is 268 g/mol. The van der Waals surface area contributed by atoms with Gasteiger partial charge in [0.15, 0.2) is 0 Å². The zero-order valence-electron chi connectivity index (χ0n) is 13.8. The summed E-state index contributed by atoms with van der Waals surface area (Å²) < 4.78 is 5.33. The summed E-state index contributed by atoms with van der Waals surface area (Å²) in [6.45, 7) is 9.80. The number of nitrogens with one attached hydrogen (secondary N) is 1. The lowest BCUT2D eigenvalue weighted by Gasteiger charge is -2.43. The zero-order valence-corrected chi connectivity index (χ0v) is 13.8. The van der Waals surface area contributed by atoms with Gasteiger partial charge in [-0.1, -0.05) is 19.8 Å². The van der Waals surface area contributed by atoms with Crippen molar-refractivity contribution in [1.29, 1.82) is 0 Å². The van der Waals surface area contributed by atoms with E-state index in [1.54, 1.807) is 4.90 Å². The molecular formula is C16H30N2O3. The molecule has 21 heavy (non-hydrogen) atoms. The van der Waals surface area contributed by atoms with Crippen LogP contribution in [0.15, 0.2) is 0 Å². The predicted molar refractivity (Wildman–Crippen MR) is 82.2 cm³/mol. The highest BCUT2D eigenvalue weighted by Crippen LogP contribution is 2.31. The van der Waals surface area contributed by atoms with Gasteiger partial charge in [-0.05, 0) is 39.5 Å². The van der Waals surface area contributed by atoms with Crippen molar-refractivity contribution in [3.63, 3.8) is 0 Å². The van der Waals surface area contributed by atoms with Gasteiger partial charge in [0.1, 0.15) is 5.60 Å². The summed E-state index contributed by atoms with van der Waals surface area (Å²) in [6.07, 6.45) is 3.84. The third-order valence-electron chi connectivity index (χ3n) is 4.32. The summed E-state index contributed by atoms with van der Waals surface area (Å²) in [7, 11) is 0. The van der Waals surface area contributed by atoms with E-state index in [0.29, 0.717) is 25.6 Å². The molecule has 1 aliphatic carbocycles. The largest absolute Gasteiger partial charge is 0.444 e. The van der Waals surface area contributed by atoms with E-state index in [-0.39, 0.29) is 12.1 Å². The van der Waals surface area contributed by atoms with Gasteiger partial charge in [-0.2, -0.15) is 0 Å². The van der Waals surface area contributed by atoms with E-state index in [2.05, 4.69) is 12.2 Å². The van der Waals surface area contributed by atoms with Crippen LogP contribution in [-0.4, -0.2) is 53.0 Å². The van der Waals surface area contributed by atoms with Gasteiger partial charge >= 0.3 is 6.09 Å². The van der Waals surface area contributed by atoms with Crippen LogP contribution in [-0.2, 0) is 4.74 Å². The van der Waals surface area contributed by atoms with Gasteiger partial charge in [0.2, 0.25) is 0 Å². The lowest BCUT2D eigenvalue weighted by molar-refractivity contribution is -0.0234. The van der Waals surface area contributed by atoms with Crippen molar-refractivity contribution in [2.45, 2.75) is 70.6 Å². The van der Waals surface area contributed by atoms with Crippen LogP contribution in [0.3, 0.4) is 0 Å². The monoisotopic (exact) mass is 298 g/mol. The Morgan fingerprint density at radius 1 is 1.43 bits per heavy atom. The van der Waals surface area contributed by atoms with Gasteiger partial charge in [0, 0.05) is 25.7 Å². The molecule has 0 spiro atoms. The first-order valence-electron chi connectivity index (χ1n) is 8.11. The second-order valence-corrected chi connectivity index (χ2v) is 7.89. The van der Waals surface area contributed by atoms with Crippen LogP contribution in [0.25, 0.3) is 0 Å². The number of carbonyl (C=O) groups is 1. The van der Waals surface area contributed by atoms with Crippen molar-refractivity contribution in [1.82, 2.24) is 10.2 Å². The van der Waals surface area contributed by atoms with E-state index in [9.17, 15) is 9.90 Å². The molecule has 2 atom stereocenters. The highest BCUT2D eigenvalue weighted by molar-refractivity contribution is 5.69. The molecule has 1 heterocycles. The van der Waals surface area contributed by atoms with Gasteiger partial charge in [0.05, 0.1) is 5.60 Å². The van der Waals surface area contributed by atoms with E-state index >= 15 is 0 Å². The highest BCUT2D eigenvalue weighted by atomic mass is 16.6. The van der Waals surface area contributed by atoms with Crippen LogP contribution in [0.5, 0.6) is 0 Å². The van der Waals surface area contributed by atoms with E-state index < -0.39 is 11.2 Å². The van der Waals surface area contributed by atoms with E-state index in [1.807, 2.05) is 20.8 Å². The summed E-state index contributed by atoms with van der Waals surface area (Å²) in [4.78, 5) is 13.5. The molecule has 2 fully saturated rings. The number of ether oxygens (including phenoxy) is 1. The molecule has 5 heteroatoms. The molecule has 5 nitrogen and oxygen atoms in total. The Bertz CT molecular complexity index is 374. The zero-order chi connectivity index (χ0) is 15.7. The lowest BCUT2D eigenvalue weighted by atomic mass is 9.79. The lowest BCUT2D eigenvalue weighted by Crippen LogP contribution is -2.62. The molecule has 2 N–H and O–H groups in total. The van der Waals surface area contributed by atoms with Crippen LogP contribution in [0, 0.1) is 5.92 Å². The number of carbonyl (C=O) groups excluding carboxylic acids is 1. The Morgan fingerprint density at radius 3 is 2.67 bits per heavy atom. The number of nitrogens with zero attached hydrogens (tertiary/aromatic N) is 1. The minimum atomic E-state index is -0.565. The maximum atomic E-state index is 11.8. The van der Waals surface area contributed by atoms with Gasteiger partial charge in [-0.25, -0.2) is 4.79 Å². The Hall–Kier alpha value is -0.810. The van der Waals surface area contributed by atoms with Crippen molar-refractivity contribution in [2.75, 3.05) is 19.6 Å². The maximum Gasteiger partial charge on any atom is 0.410 e. The molecule has 2 aliphatic rings. The highest BCUT2D eigenvalue weighted by Gasteiger charge is 2.37. The molecule has 1 saturated carbocycles. The minimum Gasteiger partial charge on any atom is -0.444 e. The van der Waals surface area contributed by atoms with Crippen LogP contribution in [0.2, 0.25) is 0 Å². The SMILES string of the molecule is CC1CCCC(O)(CNC2CN(C(=O)OC(C)(C)C)C2)C1. The smallest absolute Gasteiger partial charge is 0.410 e. The van der Waals surface area contributed by atoms with E-state index in [1.165, 1.54) is 6.42 Å². The van der Waals surface area contributed by atoms with Crippen molar-refractivity contribution in [2.24, 2.45) is 5.92 Å². The first-order chi connectivity index (χ1) is 9.67. The molecule has 0 radical (unpaired) electrons. The molecule has 1 amide bonds. The molecule has 2 unspecified atom stereocenters. The number of likely N-dealkylation sites (tertiary alicyclic amines) is 1. The number of hydrogen-bond acceptors (Lipinski definition) is 4. The van der Waals surface area contributed by atoms with Crippen molar-refractivity contribution in [3.8, 4) is 0 Å². The third kappa shape index (κ3) is 4.85. The minimum absolute atomic E-state index is 0.245. The van der Waals surface area contributed by atoms with Gasteiger partial charge < -0.3 is 20.1 Å². The molecule has 0 aromatic rings. The topological polar surface area (TPSA) is 61.8 Å². The average molecular weight is 298 g/mol. The number of aliphatic hydroxyl groups is 1. The Morgan fingerprint density at radius 2 is 2.10 bits per heavy atom. The fraction of sp³-hybridized carbons (Fsp3) is 0.938. The van der Waals surface area contributed by atoms with Crippen molar-refractivity contribution < 1.29 is 14.6 Å². The molecule has 1 aliphatic heterocycles. The Labute approximate surface area is 128 Å². The molecule has 1 saturated heterocycles. The fourth-order valence-corrected chi connectivity index (χ4v) is 3.21. The number of hydrogen-bond donors (Lipinski definition) is 2. The van der Waals surface area contributed by atoms with Crippen LogP contribution < -0.4 is 5.32 Å². The van der Waals surface area contributed by atoms with Crippen LogP contribution in [0.1, 0.15) is 53.4 Å². The molecule has 0 aromatic heterocycles. The van der Waals surface area contributed by atoms with E-state index in [4.69, 9.17) is 4.74 Å². The fourth-order valence-electron chi connectivity index (χ4n) is 3.21. The molecule has 0 aromatic carbocycles. The Balaban J connectivity index is 1.68. The standard InChI is InChI=1S/C16H30N2O3/c1-12-6-5-7-16(20,8-12)11-17-13-9-18(10-13)14(19)21-15(2,3)4/h12-13,17,20H,5-11H2,1-4H3. The summed E-state index contributed by atoms with van der Waals surface area (Å²) in [6, 6.07) is 0.277. The van der Waals surface area contributed by atoms with Crippen LogP contribution in [0.4, 0.5) is 4.79 Å². The summed E-state index contributed by atoms with van der Waals surface area (Å²) in [5, 5.41) is 14.0. The van der Waals surface area contributed by atoms with Gasteiger partial charge in [-0.15, -0.1) is 0 Å². The van der Waals surface area contributed by atoms with Gasteiger partial charge in [0.25, 0.3) is 0 Å². The van der Waals surface area contributed by atoms with Crippen molar-refractivity contribution >= 4 is 6.09 Å². The third-order valence-corrected chi connectivity index (χ3v) is 4.32. The number of amides is 1. The first-order valence-corrected chi connectivity index (χ1v) is 8.11. The quantitative estimate of drug-likeness (QED) is 0.838. The van der Waals surface area contributed by atoms with Crippen LogP contribution >= 0.6 is 0 Å². The summed E-state index contributed by atoms with van der Waals surface area (Å²) in [5.41, 5.74) is -1.01. The normalized spacial score (nSPS) is 30.9. The predicted octanol–water partition coefficient (Wildman–Crippen LogP) is 2.14.